The second-order valence-electron chi connectivity index (χ2n) is 13.1. The third-order valence-electron chi connectivity index (χ3n) is 9.67. The molecule has 2 saturated heterocycles. The van der Waals surface area contributed by atoms with Gasteiger partial charge in [-0.25, -0.2) is 0 Å². The number of nitrogens with one attached hydrogen (secondary N) is 2. The quantitative estimate of drug-likeness (QED) is 0.266. The molecule has 46 heavy (non-hydrogen) atoms. The molecule has 0 bridgehead atoms. The number of para-hydroxylation sites is 1. The number of morpholine rings is 1. The summed E-state index contributed by atoms with van der Waals surface area (Å²) in [6.45, 7) is 6.90. The number of fused-ring (bicyclic) bond motifs is 1. The minimum atomic E-state index is -0.309. The predicted molar refractivity (Wildman–Crippen MR) is 180 cm³/mol. The first-order valence-corrected chi connectivity index (χ1v) is 17.0. The molecule has 2 amide bonds. The van der Waals surface area contributed by atoms with Crippen molar-refractivity contribution in [3.63, 3.8) is 0 Å². The van der Waals surface area contributed by atoms with Gasteiger partial charge in [0, 0.05) is 53.7 Å². The monoisotopic (exact) mass is 668 g/mol. The van der Waals surface area contributed by atoms with Crippen molar-refractivity contribution in [2.75, 3.05) is 31.6 Å². The number of amides is 2. The Morgan fingerprint density at radius 3 is 2.52 bits per heavy atom. The fourth-order valence-electron chi connectivity index (χ4n) is 7.31. The van der Waals surface area contributed by atoms with E-state index in [2.05, 4.69) is 29.0 Å². The number of rotatable bonds is 9. The van der Waals surface area contributed by atoms with Crippen LogP contribution in [-0.4, -0.2) is 89.5 Å². The number of hydrogen-bond acceptors (Lipinski definition) is 6. The lowest BCUT2D eigenvalue weighted by molar-refractivity contribution is -0.133. The van der Waals surface area contributed by atoms with Crippen LogP contribution < -0.4 is 5.32 Å². The maximum atomic E-state index is 13.9. The van der Waals surface area contributed by atoms with E-state index in [4.69, 9.17) is 32.7 Å². The second kappa shape index (κ2) is 14.4. The standard InChI is InChI=1S/C35H42Cl2N4O5/c1-21-16-40(17-22(2)46-21)25-13-26(20-45-27-9-7-23(19-42)8-10-27)41(18-25)34(43)12-24-11-31(37)33(14-30(24)36)39-35(44)29-15-38-32-6-4-3-5-28(29)32/h3-6,11,14-15,19,21-23,25-27,38H,7-10,12-13,16-18,20H2,1-2H3,(H,39,44)/t21-,22+,23-,25-,26-,27-/m0/s1. The number of aromatic amines is 1. The minimum absolute atomic E-state index is 0.0383. The number of H-pyrrole nitrogens is 1. The molecule has 1 aliphatic carbocycles. The summed E-state index contributed by atoms with van der Waals surface area (Å²) in [5, 5.41) is 4.34. The first-order chi connectivity index (χ1) is 22.2. The topological polar surface area (TPSA) is 104 Å². The average Bonchev–Trinajstić information content (AvgIpc) is 3.67. The molecule has 4 atom stereocenters. The number of anilines is 1. The van der Waals surface area contributed by atoms with Gasteiger partial charge in [-0.1, -0.05) is 41.4 Å². The Bertz CT molecular complexity index is 1560. The van der Waals surface area contributed by atoms with Crippen LogP contribution in [-0.2, 0) is 25.5 Å². The van der Waals surface area contributed by atoms with E-state index in [1.807, 2.05) is 29.2 Å². The van der Waals surface area contributed by atoms with E-state index in [1.54, 1.807) is 18.3 Å². The van der Waals surface area contributed by atoms with Crippen LogP contribution >= 0.6 is 23.2 Å². The largest absolute Gasteiger partial charge is 0.376 e. The molecule has 3 heterocycles. The Kier molecular flexibility index (Phi) is 10.3. The molecule has 2 N–H and O–H groups in total. The van der Waals surface area contributed by atoms with E-state index < -0.39 is 0 Å². The second-order valence-corrected chi connectivity index (χ2v) is 13.9. The van der Waals surface area contributed by atoms with Gasteiger partial charge in [0.15, 0.2) is 0 Å². The lowest BCUT2D eigenvalue weighted by Gasteiger charge is -2.38. The smallest absolute Gasteiger partial charge is 0.257 e. The van der Waals surface area contributed by atoms with Crippen LogP contribution in [0.25, 0.3) is 10.9 Å². The van der Waals surface area contributed by atoms with Crippen molar-refractivity contribution in [2.45, 2.75) is 82.8 Å². The van der Waals surface area contributed by atoms with Crippen molar-refractivity contribution < 1.29 is 23.9 Å². The van der Waals surface area contributed by atoms with Crippen molar-refractivity contribution in [2.24, 2.45) is 5.92 Å². The highest BCUT2D eigenvalue weighted by atomic mass is 35.5. The number of ether oxygens (including phenoxy) is 2. The van der Waals surface area contributed by atoms with Crippen LogP contribution in [0.1, 0.15) is 61.9 Å². The lowest BCUT2D eigenvalue weighted by atomic mass is 9.88. The van der Waals surface area contributed by atoms with Crippen LogP contribution in [0, 0.1) is 5.92 Å². The summed E-state index contributed by atoms with van der Waals surface area (Å²) in [7, 11) is 0. The van der Waals surface area contributed by atoms with Gasteiger partial charge in [0.25, 0.3) is 5.91 Å². The van der Waals surface area contributed by atoms with Gasteiger partial charge in [-0.3, -0.25) is 14.5 Å². The van der Waals surface area contributed by atoms with Gasteiger partial charge in [0.1, 0.15) is 6.29 Å². The summed E-state index contributed by atoms with van der Waals surface area (Å²) in [5.41, 5.74) is 2.34. The number of likely N-dealkylation sites (tertiary alicyclic amines) is 1. The van der Waals surface area contributed by atoms with E-state index >= 15 is 0 Å². The van der Waals surface area contributed by atoms with Gasteiger partial charge in [0.05, 0.1) is 53.7 Å². The van der Waals surface area contributed by atoms with Crippen LogP contribution in [0.4, 0.5) is 5.69 Å². The fraction of sp³-hybridized carbons (Fsp3) is 0.514. The molecule has 0 unspecified atom stereocenters. The molecule has 2 aromatic carbocycles. The van der Waals surface area contributed by atoms with Gasteiger partial charge in [-0.2, -0.15) is 0 Å². The molecule has 0 spiro atoms. The van der Waals surface area contributed by atoms with Gasteiger partial charge >= 0.3 is 0 Å². The van der Waals surface area contributed by atoms with E-state index in [0.717, 1.165) is 62.4 Å². The Balaban J connectivity index is 1.14. The zero-order valence-corrected chi connectivity index (χ0v) is 27.9. The highest BCUT2D eigenvalue weighted by molar-refractivity contribution is 6.36. The van der Waals surface area contributed by atoms with E-state index in [-0.39, 0.29) is 54.5 Å². The van der Waals surface area contributed by atoms with Crippen LogP contribution in [0.5, 0.6) is 0 Å². The number of carbonyl (C=O) groups excluding carboxylic acids is 3. The Hall–Kier alpha value is -2.95. The zero-order chi connectivity index (χ0) is 32.4. The molecule has 1 aromatic heterocycles. The van der Waals surface area contributed by atoms with Crippen molar-refractivity contribution in [1.29, 1.82) is 0 Å². The first-order valence-electron chi connectivity index (χ1n) is 16.3. The summed E-state index contributed by atoms with van der Waals surface area (Å²) < 4.78 is 12.4. The molecule has 0 radical (unpaired) electrons. The summed E-state index contributed by atoms with van der Waals surface area (Å²) in [4.78, 5) is 45.7. The number of halogens is 2. The molecule has 246 valence electrons. The van der Waals surface area contributed by atoms with Crippen LogP contribution in [0.2, 0.25) is 10.0 Å². The predicted octanol–water partition coefficient (Wildman–Crippen LogP) is 6.12. The number of hydrogen-bond donors (Lipinski definition) is 2. The maximum absolute atomic E-state index is 13.9. The SMILES string of the molecule is C[C@@H]1CN([C@H]2C[C@@H](CO[C@H]3CC[C@H](C=O)CC3)N(C(=O)Cc3cc(Cl)c(NC(=O)c4c[nH]c5ccccc45)cc3Cl)C2)C[C@H](C)O1. The van der Waals surface area contributed by atoms with Crippen LogP contribution in [0.15, 0.2) is 42.6 Å². The Morgan fingerprint density at radius 2 is 1.78 bits per heavy atom. The van der Waals surface area contributed by atoms with Crippen molar-refractivity contribution in [3.8, 4) is 0 Å². The van der Waals surface area contributed by atoms with Gasteiger partial charge in [-0.15, -0.1) is 0 Å². The van der Waals surface area contributed by atoms with Crippen molar-refractivity contribution >= 4 is 57.9 Å². The number of nitrogens with zero attached hydrogens (tertiary/aromatic N) is 2. The van der Waals surface area contributed by atoms with Crippen molar-refractivity contribution in [1.82, 2.24) is 14.8 Å². The molecule has 3 aromatic rings. The third kappa shape index (κ3) is 7.44. The van der Waals surface area contributed by atoms with Crippen molar-refractivity contribution in [3.05, 3.63) is 63.8 Å². The molecule has 2 aliphatic heterocycles. The summed E-state index contributed by atoms with van der Waals surface area (Å²) in [6.07, 6.45) is 7.43. The minimum Gasteiger partial charge on any atom is -0.376 e. The maximum Gasteiger partial charge on any atom is 0.257 e. The summed E-state index contributed by atoms with van der Waals surface area (Å²) in [6, 6.07) is 11.0. The van der Waals surface area contributed by atoms with Gasteiger partial charge in [-0.05, 0) is 69.7 Å². The molecule has 6 rings (SSSR count). The van der Waals surface area contributed by atoms with E-state index in [9.17, 15) is 14.4 Å². The van der Waals surface area contributed by atoms with Gasteiger partial charge < -0.3 is 29.5 Å². The molecule has 3 aliphatic rings. The molecule has 9 nitrogen and oxygen atoms in total. The molecular weight excluding hydrogens is 627 g/mol. The Morgan fingerprint density at radius 1 is 1.04 bits per heavy atom. The highest BCUT2D eigenvalue weighted by Gasteiger charge is 2.40. The molecule has 1 saturated carbocycles. The first kappa shape index (κ1) is 33.0. The average molecular weight is 670 g/mol. The normalized spacial score (nSPS) is 27.2. The number of aldehydes is 1. The Labute approximate surface area is 279 Å². The molecule has 11 heteroatoms. The molecule has 3 fully saturated rings. The molecular formula is C35H42Cl2N4O5. The number of aromatic nitrogens is 1. The van der Waals surface area contributed by atoms with Gasteiger partial charge in [0.2, 0.25) is 5.91 Å². The van der Waals surface area contributed by atoms with E-state index in [1.165, 1.54) is 0 Å². The summed E-state index contributed by atoms with van der Waals surface area (Å²) in [5.74, 6) is -0.218. The van der Waals surface area contributed by atoms with Crippen LogP contribution in [0.3, 0.4) is 0 Å². The number of benzene rings is 2. The van der Waals surface area contributed by atoms with E-state index in [0.29, 0.717) is 40.0 Å². The fourth-order valence-corrected chi connectivity index (χ4v) is 7.77. The highest BCUT2D eigenvalue weighted by Crippen LogP contribution is 2.33. The summed E-state index contributed by atoms with van der Waals surface area (Å²) >= 11 is 13.3. The number of carbonyl (C=O) groups is 3. The lowest BCUT2D eigenvalue weighted by Crippen LogP contribution is -2.51. The third-order valence-corrected chi connectivity index (χ3v) is 10.3. The zero-order valence-electron chi connectivity index (χ0n) is 26.3.